The van der Waals surface area contributed by atoms with Crippen molar-refractivity contribution in [3.8, 4) is 66.8 Å². The van der Waals surface area contributed by atoms with Crippen LogP contribution in [0.5, 0.6) is 0 Å². The Morgan fingerprint density at radius 3 is 1.18 bits per heavy atom. The Bertz CT molecular complexity index is 4460. The molecule has 16 rings (SSSR count). The fourth-order valence-electron chi connectivity index (χ4n) is 13.4. The molecule has 1 nitrogen and oxygen atoms in total. The molecule has 0 unspecified atom stereocenters. The van der Waals surface area contributed by atoms with Gasteiger partial charge in [-0.2, -0.15) is 0 Å². The zero-order valence-electron chi connectivity index (χ0n) is 54.4. The molecule has 442 valence electrons. The van der Waals surface area contributed by atoms with E-state index >= 15 is 0 Å². The lowest BCUT2D eigenvalue weighted by Gasteiger charge is -2.24. The summed E-state index contributed by atoms with van der Waals surface area (Å²) >= 11 is 0. The maximum atomic E-state index is 6.07. The zero-order chi connectivity index (χ0) is 62.6. The van der Waals surface area contributed by atoms with Crippen LogP contribution < -0.4 is 0 Å². The summed E-state index contributed by atoms with van der Waals surface area (Å²) in [6.45, 7) is 28.9. The molecule has 0 bridgehead atoms. The molecule has 0 atom stereocenters. The second-order valence-electron chi connectivity index (χ2n) is 25.6. The van der Waals surface area contributed by atoms with Crippen LogP contribution in [-0.4, -0.2) is 0 Å². The minimum Gasteiger partial charge on any atom is -0.455 e. The minimum atomic E-state index is 0.0568. The van der Waals surface area contributed by atoms with Crippen molar-refractivity contribution in [1.82, 2.24) is 0 Å². The highest BCUT2D eigenvalue weighted by atomic mass is 16.3. The smallest absolute Gasteiger partial charge is 0.143 e. The predicted molar refractivity (Wildman–Crippen MR) is 384 cm³/mol. The Morgan fingerprint density at radius 1 is 0.247 bits per heavy atom. The molecule has 89 heavy (non-hydrogen) atoms. The van der Waals surface area contributed by atoms with Gasteiger partial charge in [0.05, 0.1) is 0 Å². The number of aryl methyl sites for hydroxylation is 5. The Kier molecular flexibility index (Phi) is 17.6. The Morgan fingerprint density at radius 2 is 0.618 bits per heavy atom. The van der Waals surface area contributed by atoms with E-state index in [1.54, 1.807) is 0 Å². The van der Waals surface area contributed by atoms with Gasteiger partial charge in [-0.3, -0.25) is 0 Å². The minimum absolute atomic E-state index is 0.0568. The van der Waals surface area contributed by atoms with Gasteiger partial charge in [0.25, 0.3) is 0 Å². The van der Waals surface area contributed by atoms with Crippen molar-refractivity contribution in [1.29, 1.82) is 0 Å². The molecule has 0 amide bonds. The van der Waals surface area contributed by atoms with Gasteiger partial charge in [0, 0.05) is 32.6 Å². The maximum Gasteiger partial charge on any atom is 0.143 e. The first-order valence-corrected chi connectivity index (χ1v) is 31.8. The largest absolute Gasteiger partial charge is 0.455 e. The van der Waals surface area contributed by atoms with Gasteiger partial charge in [0.1, 0.15) is 11.2 Å². The molecule has 12 aromatic carbocycles. The van der Waals surface area contributed by atoms with Crippen LogP contribution in [0.4, 0.5) is 0 Å². The number of hydrogen-bond donors (Lipinski definition) is 0. The normalized spacial score (nSPS) is 13.3. The van der Waals surface area contributed by atoms with Gasteiger partial charge in [-0.05, 0) is 153 Å². The van der Waals surface area contributed by atoms with Crippen LogP contribution >= 0.6 is 0 Å². The van der Waals surface area contributed by atoms with Gasteiger partial charge in [0.15, 0.2) is 0 Å². The van der Waals surface area contributed by atoms with Crippen LogP contribution in [0, 0.1) is 34.6 Å². The average molecular weight is 1160 g/mol. The fourth-order valence-corrected chi connectivity index (χ4v) is 13.4. The summed E-state index contributed by atoms with van der Waals surface area (Å²) in [6.07, 6.45) is 0. The first-order chi connectivity index (χ1) is 43.0. The van der Waals surface area contributed by atoms with E-state index in [0.717, 1.165) is 16.7 Å². The number of para-hydroxylation sites is 2. The van der Waals surface area contributed by atoms with Crippen LogP contribution in [0.2, 0.25) is 0 Å². The van der Waals surface area contributed by atoms with Crippen molar-refractivity contribution in [3.05, 3.63) is 334 Å². The molecule has 3 aliphatic carbocycles. The third-order valence-electron chi connectivity index (χ3n) is 18.4. The molecular formula is C88H84O. The van der Waals surface area contributed by atoms with E-state index in [1.165, 1.54) is 133 Å². The van der Waals surface area contributed by atoms with E-state index in [1.807, 2.05) is 38.1 Å². The highest BCUT2D eigenvalue weighted by Crippen LogP contribution is 2.57. The van der Waals surface area contributed by atoms with Gasteiger partial charge in [-0.1, -0.05) is 332 Å². The highest BCUT2D eigenvalue weighted by Gasteiger charge is 2.42. The van der Waals surface area contributed by atoms with E-state index in [2.05, 4.69) is 325 Å². The molecule has 0 N–H and O–H groups in total. The quantitative estimate of drug-likeness (QED) is 0.172. The third kappa shape index (κ3) is 12.1. The molecule has 1 heteroatoms. The number of fused-ring (bicyclic) bond motifs is 12. The summed E-state index contributed by atoms with van der Waals surface area (Å²) in [4.78, 5) is 0. The molecular weight excluding hydrogens is 1070 g/mol. The van der Waals surface area contributed by atoms with Crippen molar-refractivity contribution < 1.29 is 4.42 Å². The van der Waals surface area contributed by atoms with Gasteiger partial charge >= 0.3 is 0 Å². The lowest BCUT2D eigenvalue weighted by molar-refractivity contribution is 0.651. The van der Waals surface area contributed by atoms with Crippen molar-refractivity contribution >= 4 is 21.9 Å². The molecule has 0 fully saturated rings. The molecule has 0 spiro atoms. The monoisotopic (exact) mass is 1160 g/mol. The van der Waals surface area contributed by atoms with E-state index in [-0.39, 0.29) is 16.2 Å². The second kappa shape index (κ2) is 25.6. The standard InChI is InChI=1S/C26H26.C19H14O.C15H14.2C13H12.C2H6/c1-15-10-11-17-18-13-23-19(14-22(18)26(5,6)21(17)12-15)24-16(2)8-7-9-20(24)25(23,3)4;1-13-9-11-14(12-10-13)15-6-4-7-17-16-5-2-3-8-18(16)20-19(15)17;1-15(2)13-9-5-3-7-11(13)12-8-4-6-10-14(12)15;2*1-11-7-9-13(10-8-11)12-5-3-2-4-6-12;1-2/h7-14H,1-6H3;2-12H,1H3;3-10H,1-2H3;2*2-10H,1H3;1-2H3. The van der Waals surface area contributed by atoms with E-state index in [9.17, 15) is 0 Å². The summed E-state index contributed by atoms with van der Waals surface area (Å²) in [7, 11) is 0. The Hall–Kier alpha value is -9.56. The Labute approximate surface area is 530 Å². The Balaban J connectivity index is 0.000000117. The van der Waals surface area contributed by atoms with Gasteiger partial charge in [0.2, 0.25) is 0 Å². The van der Waals surface area contributed by atoms with Crippen LogP contribution in [-0.2, 0) is 16.2 Å². The number of furan rings is 1. The van der Waals surface area contributed by atoms with Gasteiger partial charge in [-0.25, -0.2) is 0 Å². The van der Waals surface area contributed by atoms with Crippen LogP contribution in [0.25, 0.3) is 88.7 Å². The summed E-state index contributed by atoms with van der Waals surface area (Å²) in [6, 6.07) is 97.3. The number of rotatable bonds is 3. The van der Waals surface area contributed by atoms with E-state index in [4.69, 9.17) is 4.42 Å². The van der Waals surface area contributed by atoms with Crippen LogP contribution in [0.1, 0.15) is 117 Å². The molecule has 0 saturated heterocycles. The molecule has 0 aliphatic heterocycles. The lowest BCUT2D eigenvalue weighted by Crippen LogP contribution is -2.17. The molecule has 1 aromatic heterocycles. The molecule has 13 aromatic rings. The average Bonchev–Trinajstić information content (AvgIpc) is 1.57. The lowest BCUT2D eigenvalue weighted by atomic mass is 9.79. The SMILES string of the molecule is CC.CC1(C)c2ccccc2-c2ccccc21.Cc1ccc(-c2cccc3c2oc2ccccc23)cc1.Cc1ccc(-c2ccccc2)cc1.Cc1ccc(-c2ccccc2)cc1.Cc1ccc2c(c1)C(C)(C)c1cc3c(cc1-2)C(C)(C)c1cccc(C)c1-3. The first-order valence-electron chi connectivity index (χ1n) is 31.8. The fraction of sp³-hybridized carbons (Fsp3) is 0.182. The first kappa shape index (κ1) is 61.1. The van der Waals surface area contributed by atoms with Crippen molar-refractivity contribution in [3.63, 3.8) is 0 Å². The number of benzene rings is 12. The second-order valence-corrected chi connectivity index (χ2v) is 25.6. The summed E-state index contributed by atoms with van der Waals surface area (Å²) < 4.78 is 6.07. The van der Waals surface area contributed by atoms with Crippen LogP contribution in [0.15, 0.2) is 277 Å². The van der Waals surface area contributed by atoms with E-state index < -0.39 is 0 Å². The van der Waals surface area contributed by atoms with Crippen LogP contribution in [0.3, 0.4) is 0 Å². The predicted octanol–water partition coefficient (Wildman–Crippen LogP) is 24.8. The zero-order valence-corrected chi connectivity index (χ0v) is 54.4. The number of hydrogen-bond acceptors (Lipinski definition) is 1. The van der Waals surface area contributed by atoms with Crippen molar-refractivity contribution in [2.45, 2.75) is 106 Å². The topological polar surface area (TPSA) is 13.1 Å². The maximum absolute atomic E-state index is 6.07. The molecule has 1 heterocycles. The summed E-state index contributed by atoms with van der Waals surface area (Å²) in [5.74, 6) is 0. The molecule has 0 radical (unpaired) electrons. The highest BCUT2D eigenvalue weighted by molar-refractivity contribution is 6.09. The molecule has 3 aliphatic rings. The van der Waals surface area contributed by atoms with Gasteiger partial charge < -0.3 is 4.42 Å². The summed E-state index contributed by atoms with van der Waals surface area (Å²) in [5, 5.41) is 2.36. The van der Waals surface area contributed by atoms with Crippen molar-refractivity contribution in [2.75, 3.05) is 0 Å². The molecule has 0 saturated carbocycles. The third-order valence-corrected chi connectivity index (χ3v) is 18.4. The van der Waals surface area contributed by atoms with E-state index in [0.29, 0.717) is 0 Å². The summed E-state index contributed by atoms with van der Waals surface area (Å²) in [5.41, 5.74) is 33.6. The van der Waals surface area contributed by atoms with Crippen molar-refractivity contribution in [2.24, 2.45) is 0 Å². The van der Waals surface area contributed by atoms with Gasteiger partial charge in [-0.15, -0.1) is 0 Å².